The number of carbonyl (C=O) groups is 1. The van der Waals surface area contributed by atoms with Gasteiger partial charge in [-0.25, -0.2) is 4.39 Å². The van der Waals surface area contributed by atoms with Gasteiger partial charge in [0.25, 0.3) is 5.91 Å². The molecule has 0 spiro atoms. The molecule has 3 N–H and O–H groups in total. The van der Waals surface area contributed by atoms with Crippen molar-refractivity contribution in [3.63, 3.8) is 0 Å². The van der Waals surface area contributed by atoms with E-state index in [0.717, 1.165) is 0 Å². The van der Waals surface area contributed by atoms with Crippen molar-refractivity contribution in [2.24, 2.45) is 4.99 Å². The molecule has 0 saturated carbocycles. The lowest BCUT2D eigenvalue weighted by Gasteiger charge is -2.54. The van der Waals surface area contributed by atoms with Crippen LogP contribution in [0.1, 0.15) is 64.4 Å². The maximum Gasteiger partial charge on any atom is 0.494 e. The Labute approximate surface area is 214 Å². The molecule has 0 unspecified atom stereocenters. The molecule has 36 heavy (non-hydrogen) atoms. The molecule has 10 heteroatoms. The van der Waals surface area contributed by atoms with Crippen molar-refractivity contribution in [1.29, 1.82) is 0 Å². The summed E-state index contributed by atoms with van der Waals surface area (Å²) in [4.78, 5) is 17.7. The molecule has 2 aromatic carbocycles. The molecule has 0 aliphatic carbocycles. The Morgan fingerprint density at radius 3 is 2.17 bits per heavy atom. The van der Waals surface area contributed by atoms with Crippen molar-refractivity contribution < 1.29 is 27.6 Å². The minimum Gasteiger partial charge on any atom is -0.399 e. The van der Waals surface area contributed by atoms with E-state index in [1.807, 2.05) is 27.7 Å². The smallest absolute Gasteiger partial charge is 0.399 e. The Hall–Kier alpha value is -2.24. The topological polar surface area (TPSA) is 100 Å². The largest absolute Gasteiger partial charge is 0.494 e. The highest BCUT2D eigenvalue weighted by molar-refractivity contribution is 8.26. The first kappa shape index (κ1) is 26.8. The SMILES string of the molecule is CC1(C)OB(c2ccc(F)c([C@]3(C)CS(O)(O)C(C)(C)C(NC(=O)c4ccccc4)=N3)c2)OC1(C)C. The number of amidine groups is 1. The van der Waals surface area contributed by atoms with Gasteiger partial charge in [0.2, 0.25) is 0 Å². The van der Waals surface area contributed by atoms with E-state index in [9.17, 15) is 13.9 Å². The van der Waals surface area contributed by atoms with Gasteiger partial charge in [-0.1, -0.05) is 30.3 Å². The Morgan fingerprint density at radius 1 is 1.00 bits per heavy atom. The highest BCUT2D eigenvalue weighted by atomic mass is 32.3. The molecule has 2 aromatic rings. The fourth-order valence-corrected chi connectivity index (χ4v) is 6.08. The fourth-order valence-electron chi connectivity index (χ4n) is 4.31. The first-order valence-electron chi connectivity index (χ1n) is 11.9. The molecule has 1 amide bonds. The highest BCUT2D eigenvalue weighted by Crippen LogP contribution is 2.59. The number of carbonyl (C=O) groups excluding carboxylic acids is 1. The van der Waals surface area contributed by atoms with Gasteiger partial charge in [-0.3, -0.25) is 18.9 Å². The zero-order chi connectivity index (χ0) is 26.7. The standard InChI is InChI=1S/C26H34BFN2O5S/c1-23(2)22(29-21(31)17-11-9-8-10-12-17)30-26(7,16-36(23,32)33)19-15-18(13-14-20(19)28)27-34-24(3,4)25(5,6)35-27/h8-15,32-33H,16H2,1-7H3,(H,29,30,31)/t26-/m0/s1. The molecule has 2 aliphatic rings. The molecule has 7 nitrogen and oxygen atoms in total. The van der Waals surface area contributed by atoms with E-state index in [2.05, 4.69) is 5.32 Å². The number of nitrogens with one attached hydrogen (secondary N) is 1. The summed E-state index contributed by atoms with van der Waals surface area (Å²) in [6.07, 6.45) is 0. The maximum absolute atomic E-state index is 15.3. The minimum atomic E-state index is -3.35. The van der Waals surface area contributed by atoms with Gasteiger partial charge in [0.05, 0.1) is 17.0 Å². The molecule has 1 saturated heterocycles. The molecule has 0 bridgehead atoms. The van der Waals surface area contributed by atoms with Crippen molar-refractivity contribution in [2.45, 2.75) is 70.0 Å². The summed E-state index contributed by atoms with van der Waals surface area (Å²) in [5.41, 5.74) is -1.36. The number of hydrogen-bond acceptors (Lipinski definition) is 6. The number of nitrogens with zero attached hydrogens (tertiary/aromatic N) is 1. The van der Waals surface area contributed by atoms with Crippen LogP contribution in [0.5, 0.6) is 0 Å². The summed E-state index contributed by atoms with van der Waals surface area (Å²) in [6.45, 7) is 12.6. The quantitative estimate of drug-likeness (QED) is 0.513. The second kappa shape index (κ2) is 8.67. The third kappa shape index (κ3) is 4.50. The monoisotopic (exact) mass is 516 g/mol. The molecule has 0 radical (unpaired) electrons. The Kier molecular flexibility index (Phi) is 6.46. The van der Waals surface area contributed by atoms with Crippen molar-refractivity contribution >= 4 is 34.9 Å². The van der Waals surface area contributed by atoms with E-state index in [0.29, 0.717) is 11.0 Å². The van der Waals surface area contributed by atoms with Gasteiger partial charge in [0.15, 0.2) is 0 Å². The number of benzene rings is 2. The van der Waals surface area contributed by atoms with Gasteiger partial charge in [-0.15, -0.1) is 0 Å². The normalized spacial score (nSPS) is 26.7. The maximum atomic E-state index is 15.3. The zero-order valence-electron chi connectivity index (χ0n) is 21.8. The molecular weight excluding hydrogens is 482 g/mol. The van der Waals surface area contributed by atoms with Crippen molar-refractivity contribution in [2.75, 3.05) is 5.75 Å². The van der Waals surface area contributed by atoms with Gasteiger partial charge in [0.1, 0.15) is 21.9 Å². The molecule has 1 fully saturated rings. The van der Waals surface area contributed by atoms with Gasteiger partial charge in [0, 0.05) is 11.1 Å². The number of rotatable bonds is 3. The molecular formula is C26H34BFN2O5S. The highest BCUT2D eigenvalue weighted by Gasteiger charge is 2.53. The fraction of sp³-hybridized carbons (Fsp3) is 0.462. The van der Waals surface area contributed by atoms with Gasteiger partial charge < -0.3 is 14.6 Å². The van der Waals surface area contributed by atoms with E-state index in [1.165, 1.54) is 6.07 Å². The predicted molar refractivity (Wildman–Crippen MR) is 143 cm³/mol. The zero-order valence-corrected chi connectivity index (χ0v) is 22.6. The van der Waals surface area contributed by atoms with Crippen LogP contribution in [-0.2, 0) is 14.8 Å². The van der Waals surface area contributed by atoms with Gasteiger partial charge in [-0.2, -0.15) is 10.6 Å². The van der Waals surface area contributed by atoms with Crippen LogP contribution in [-0.4, -0.2) is 49.7 Å². The summed E-state index contributed by atoms with van der Waals surface area (Å²) in [7, 11) is -4.08. The van der Waals surface area contributed by atoms with Crippen molar-refractivity contribution in [3.8, 4) is 0 Å². The molecule has 0 aromatic heterocycles. The van der Waals surface area contributed by atoms with E-state index in [1.54, 1.807) is 63.2 Å². The third-order valence-electron chi connectivity index (χ3n) is 7.59. The number of halogens is 1. The number of aliphatic imine (C=N–C) groups is 1. The van der Waals surface area contributed by atoms with E-state index < -0.39 is 50.9 Å². The predicted octanol–water partition coefficient (Wildman–Crippen LogP) is 4.71. The Morgan fingerprint density at radius 2 is 1.58 bits per heavy atom. The third-order valence-corrected chi connectivity index (χ3v) is 10.4. The molecule has 2 heterocycles. The van der Waals surface area contributed by atoms with Crippen molar-refractivity contribution in [1.82, 2.24) is 5.32 Å². The second-order valence-electron chi connectivity index (χ2n) is 11.2. The Balaban J connectivity index is 1.76. The lowest BCUT2D eigenvalue weighted by atomic mass is 9.76. The average Bonchev–Trinajstić information content (AvgIpc) is 2.99. The van der Waals surface area contributed by atoms with E-state index in [4.69, 9.17) is 14.3 Å². The van der Waals surface area contributed by atoms with Crippen LogP contribution < -0.4 is 10.8 Å². The van der Waals surface area contributed by atoms with Crippen LogP contribution in [0.25, 0.3) is 0 Å². The summed E-state index contributed by atoms with van der Waals surface area (Å²) in [5.74, 6) is -1.11. The molecule has 4 rings (SSSR count). The lowest BCUT2D eigenvalue weighted by Crippen LogP contribution is -2.55. The number of hydrogen-bond donors (Lipinski definition) is 3. The van der Waals surface area contributed by atoms with Crippen LogP contribution in [0.15, 0.2) is 53.5 Å². The summed E-state index contributed by atoms with van der Waals surface area (Å²) in [6, 6.07) is 13.1. The summed E-state index contributed by atoms with van der Waals surface area (Å²) >= 11 is 0. The molecule has 2 aliphatic heterocycles. The minimum absolute atomic E-state index is 0.0885. The van der Waals surface area contributed by atoms with Crippen LogP contribution in [0.2, 0.25) is 0 Å². The molecule has 1 atom stereocenters. The van der Waals surface area contributed by atoms with E-state index in [-0.39, 0.29) is 17.2 Å². The number of amides is 1. The second-order valence-corrected chi connectivity index (χ2v) is 13.8. The molecule has 194 valence electrons. The lowest BCUT2D eigenvalue weighted by molar-refractivity contribution is 0.00578. The first-order valence-corrected chi connectivity index (χ1v) is 13.6. The van der Waals surface area contributed by atoms with Gasteiger partial charge >= 0.3 is 7.12 Å². The van der Waals surface area contributed by atoms with Gasteiger partial charge in [-0.05, 0) is 72.1 Å². The summed E-state index contributed by atoms with van der Waals surface area (Å²) in [5, 5.41) is 2.76. The van der Waals surface area contributed by atoms with E-state index >= 15 is 4.39 Å². The summed E-state index contributed by atoms with van der Waals surface area (Å²) < 4.78 is 48.7. The average molecular weight is 516 g/mol. The van der Waals surface area contributed by atoms with Crippen LogP contribution in [0.3, 0.4) is 0 Å². The first-order chi connectivity index (χ1) is 16.5. The van der Waals surface area contributed by atoms with Crippen LogP contribution in [0.4, 0.5) is 4.39 Å². The Bertz CT molecular complexity index is 1200. The van der Waals surface area contributed by atoms with Crippen LogP contribution >= 0.6 is 10.6 Å². The van der Waals surface area contributed by atoms with Crippen LogP contribution in [0, 0.1) is 5.82 Å². The van der Waals surface area contributed by atoms with Crippen molar-refractivity contribution in [3.05, 3.63) is 65.5 Å².